The van der Waals surface area contributed by atoms with Crippen LogP contribution in [-0.4, -0.2) is 25.2 Å². The Labute approximate surface area is 113 Å². The summed E-state index contributed by atoms with van der Waals surface area (Å²) in [5.41, 5.74) is 1.03. The molecule has 2 aliphatic rings. The lowest BCUT2D eigenvalue weighted by atomic mass is 9.98. The Bertz CT molecular complexity index is 263. The second-order valence-corrected chi connectivity index (χ2v) is 7.69. The van der Waals surface area contributed by atoms with E-state index in [1.807, 2.05) is 0 Å². The first-order chi connectivity index (χ1) is 8.35. The predicted octanol–water partition coefficient (Wildman–Crippen LogP) is 3.18. The Morgan fingerprint density at radius 1 is 1.17 bits per heavy atom. The molecule has 0 amide bonds. The van der Waals surface area contributed by atoms with Crippen molar-refractivity contribution in [3.05, 3.63) is 0 Å². The molecule has 106 valence electrons. The molecule has 1 saturated heterocycles. The molecule has 0 spiro atoms. The van der Waals surface area contributed by atoms with Crippen molar-refractivity contribution >= 4 is 0 Å². The average molecular weight is 252 g/mol. The van der Waals surface area contributed by atoms with Gasteiger partial charge < -0.3 is 10.6 Å². The molecule has 1 saturated carbocycles. The van der Waals surface area contributed by atoms with Crippen LogP contribution >= 0.6 is 0 Å². The van der Waals surface area contributed by atoms with Gasteiger partial charge in [0.2, 0.25) is 0 Å². The standard InChI is InChI=1S/C16H32N2/c1-12(10-13-8-6-7-9-17-13)18-11-14-15(2,3)16(14,4)5/h12-14,17-18H,6-11H2,1-5H3. The van der Waals surface area contributed by atoms with E-state index in [0.717, 1.165) is 12.0 Å². The van der Waals surface area contributed by atoms with Crippen LogP contribution in [0.3, 0.4) is 0 Å². The first kappa shape index (κ1) is 14.3. The van der Waals surface area contributed by atoms with Crippen molar-refractivity contribution in [3.8, 4) is 0 Å². The molecule has 0 aromatic carbocycles. The third kappa shape index (κ3) is 2.75. The molecule has 0 radical (unpaired) electrons. The van der Waals surface area contributed by atoms with Crippen LogP contribution in [-0.2, 0) is 0 Å². The minimum Gasteiger partial charge on any atom is -0.314 e. The number of rotatable bonds is 5. The van der Waals surface area contributed by atoms with E-state index in [4.69, 9.17) is 0 Å². The summed E-state index contributed by atoms with van der Waals surface area (Å²) in [5.74, 6) is 0.840. The van der Waals surface area contributed by atoms with Gasteiger partial charge >= 0.3 is 0 Å². The molecule has 2 atom stereocenters. The Morgan fingerprint density at radius 3 is 2.33 bits per heavy atom. The monoisotopic (exact) mass is 252 g/mol. The molecule has 2 unspecified atom stereocenters. The topological polar surface area (TPSA) is 24.1 Å². The second-order valence-electron chi connectivity index (χ2n) is 7.69. The third-order valence-electron chi connectivity index (χ3n) is 6.04. The lowest BCUT2D eigenvalue weighted by Gasteiger charge is -2.26. The van der Waals surface area contributed by atoms with E-state index in [-0.39, 0.29) is 0 Å². The molecule has 2 heteroatoms. The fourth-order valence-electron chi connectivity index (χ4n) is 3.80. The summed E-state index contributed by atoms with van der Waals surface area (Å²) >= 11 is 0. The van der Waals surface area contributed by atoms with Gasteiger partial charge in [0.15, 0.2) is 0 Å². The highest BCUT2D eigenvalue weighted by Gasteiger charge is 2.63. The first-order valence-electron chi connectivity index (χ1n) is 7.82. The Hall–Kier alpha value is -0.0800. The smallest absolute Gasteiger partial charge is 0.00817 e. The molecule has 18 heavy (non-hydrogen) atoms. The van der Waals surface area contributed by atoms with Crippen molar-refractivity contribution in [2.45, 2.75) is 72.4 Å². The van der Waals surface area contributed by atoms with Gasteiger partial charge in [-0.3, -0.25) is 0 Å². The highest BCUT2D eigenvalue weighted by molar-refractivity contribution is 5.12. The number of piperidine rings is 1. The van der Waals surface area contributed by atoms with Crippen LogP contribution in [0.2, 0.25) is 0 Å². The van der Waals surface area contributed by atoms with Crippen LogP contribution in [0.4, 0.5) is 0 Å². The van der Waals surface area contributed by atoms with Gasteiger partial charge in [0.1, 0.15) is 0 Å². The summed E-state index contributed by atoms with van der Waals surface area (Å²) in [6, 6.07) is 1.40. The molecule has 2 rings (SSSR count). The summed E-state index contributed by atoms with van der Waals surface area (Å²) < 4.78 is 0. The van der Waals surface area contributed by atoms with E-state index >= 15 is 0 Å². The van der Waals surface area contributed by atoms with Crippen LogP contribution in [0, 0.1) is 16.7 Å². The molecule has 2 fully saturated rings. The zero-order chi connectivity index (χ0) is 13.4. The lowest BCUT2D eigenvalue weighted by Crippen LogP contribution is -2.40. The highest BCUT2D eigenvalue weighted by Crippen LogP contribution is 2.67. The lowest BCUT2D eigenvalue weighted by molar-refractivity contribution is 0.339. The Kier molecular flexibility index (Phi) is 4.08. The summed E-state index contributed by atoms with van der Waals surface area (Å²) in [6.07, 6.45) is 5.43. The van der Waals surface area contributed by atoms with Crippen LogP contribution < -0.4 is 10.6 Å². The van der Waals surface area contributed by atoms with Crippen LogP contribution in [0.1, 0.15) is 60.3 Å². The second kappa shape index (κ2) is 5.13. The van der Waals surface area contributed by atoms with Gasteiger partial charge in [-0.2, -0.15) is 0 Å². The largest absolute Gasteiger partial charge is 0.314 e. The van der Waals surface area contributed by atoms with Crippen molar-refractivity contribution in [1.29, 1.82) is 0 Å². The highest BCUT2D eigenvalue weighted by atomic mass is 15.0. The van der Waals surface area contributed by atoms with Crippen molar-refractivity contribution in [3.63, 3.8) is 0 Å². The van der Waals surface area contributed by atoms with Gasteiger partial charge in [-0.25, -0.2) is 0 Å². The fourth-order valence-corrected chi connectivity index (χ4v) is 3.80. The van der Waals surface area contributed by atoms with Crippen LogP contribution in [0.15, 0.2) is 0 Å². The minimum atomic E-state index is 0.517. The molecular formula is C16H32N2. The summed E-state index contributed by atoms with van der Waals surface area (Å²) in [4.78, 5) is 0. The number of nitrogens with one attached hydrogen (secondary N) is 2. The van der Waals surface area contributed by atoms with Gasteiger partial charge in [-0.05, 0) is 56.0 Å². The number of hydrogen-bond acceptors (Lipinski definition) is 2. The first-order valence-corrected chi connectivity index (χ1v) is 7.82. The van der Waals surface area contributed by atoms with Gasteiger partial charge in [0.05, 0.1) is 0 Å². The van der Waals surface area contributed by atoms with E-state index in [9.17, 15) is 0 Å². The molecule has 0 aromatic rings. The van der Waals surface area contributed by atoms with Gasteiger partial charge in [0.25, 0.3) is 0 Å². The van der Waals surface area contributed by atoms with E-state index in [1.165, 1.54) is 38.8 Å². The molecular weight excluding hydrogens is 220 g/mol. The van der Waals surface area contributed by atoms with E-state index < -0.39 is 0 Å². The van der Waals surface area contributed by atoms with Crippen LogP contribution in [0.25, 0.3) is 0 Å². The normalized spacial score (nSPS) is 32.2. The fraction of sp³-hybridized carbons (Fsp3) is 1.00. The summed E-state index contributed by atoms with van der Waals surface area (Å²) in [5, 5.41) is 7.41. The summed E-state index contributed by atoms with van der Waals surface area (Å²) in [6.45, 7) is 14.4. The third-order valence-corrected chi connectivity index (χ3v) is 6.04. The Balaban J connectivity index is 1.68. The molecule has 2 N–H and O–H groups in total. The van der Waals surface area contributed by atoms with Gasteiger partial charge in [-0.1, -0.05) is 34.1 Å². The SMILES string of the molecule is CC(CC1CCCCN1)NCC1C(C)(C)C1(C)C. The summed E-state index contributed by atoms with van der Waals surface area (Å²) in [7, 11) is 0. The van der Waals surface area contributed by atoms with E-state index in [0.29, 0.717) is 16.9 Å². The maximum Gasteiger partial charge on any atom is 0.00817 e. The van der Waals surface area contributed by atoms with E-state index in [1.54, 1.807) is 0 Å². The molecule has 1 aliphatic carbocycles. The minimum absolute atomic E-state index is 0.517. The van der Waals surface area contributed by atoms with Gasteiger partial charge in [0, 0.05) is 12.1 Å². The molecule has 2 nitrogen and oxygen atoms in total. The van der Waals surface area contributed by atoms with Crippen molar-refractivity contribution in [1.82, 2.24) is 10.6 Å². The van der Waals surface area contributed by atoms with Crippen molar-refractivity contribution < 1.29 is 0 Å². The maximum absolute atomic E-state index is 3.76. The van der Waals surface area contributed by atoms with Crippen molar-refractivity contribution in [2.75, 3.05) is 13.1 Å². The van der Waals surface area contributed by atoms with Crippen LogP contribution in [0.5, 0.6) is 0 Å². The zero-order valence-electron chi connectivity index (χ0n) is 13.0. The number of hydrogen-bond donors (Lipinski definition) is 2. The predicted molar refractivity (Wildman–Crippen MR) is 78.8 cm³/mol. The molecule has 0 bridgehead atoms. The average Bonchev–Trinajstić information content (AvgIpc) is 2.68. The zero-order valence-corrected chi connectivity index (χ0v) is 13.0. The molecule has 1 heterocycles. The van der Waals surface area contributed by atoms with Gasteiger partial charge in [-0.15, -0.1) is 0 Å². The molecule has 0 aromatic heterocycles. The Morgan fingerprint density at radius 2 is 1.83 bits per heavy atom. The van der Waals surface area contributed by atoms with E-state index in [2.05, 4.69) is 45.3 Å². The quantitative estimate of drug-likeness (QED) is 0.785. The van der Waals surface area contributed by atoms with Crippen molar-refractivity contribution in [2.24, 2.45) is 16.7 Å². The maximum atomic E-state index is 3.76. The molecule has 1 aliphatic heterocycles.